The topological polar surface area (TPSA) is 67.4 Å². The summed E-state index contributed by atoms with van der Waals surface area (Å²) in [5.74, 6) is 0.118. The largest absolute Gasteiger partial charge is 0.480 e. The van der Waals surface area contributed by atoms with E-state index in [2.05, 4.69) is 10.6 Å². The smallest absolute Gasteiger partial charge is 0.261 e. The Bertz CT molecular complexity index is 490. The van der Waals surface area contributed by atoms with Crippen molar-refractivity contribution in [1.29, 1.82) is 0 Å². The highest BCUT2D eigenvalue weighted by Gasteiger charge is 2.29. The van der Waals surface area contributed by atoms with Gasteiger partial charge in [-0.3, -0.25) is 9.59 Å². The fourth-order valence-corrected chi connectivity index (χ4v) is 1.93. The van der Waals surface area contributed by atoms with E-state index in [0.717, 1.165) is 5.56 Å². The van der Waals surface area contributed by atoms with E-state index in [4.69, 9.17) is 16.3 Å². The summed E-state index contributed by atoms with van der Waals surface area (Å²) in [6.07, 6.45) is -0.127. The molecule has 1 heterocycles. The molecule has 0 radical (unpaired) electrons. The lowest BCUT2D eigenvalue weighted by atomic mass is 10.1. The maximum absolute atomic E-state index is 11.8. The molecule has 1 aromatic rings. The Hall–Kier alpha value is -1.75. The number of benzene rings is 1. The molecule has 2 N–H and O–H groups in total. The molecule has 0 bridgehead atoms. The van der Waals surface area contributed by atoms with E-state index in [1.54, 1.807) is 18.2 Å². The van der Waals surface area contributed by atoms with Crippen molar-refractivity contribution in [2.75, 3.05) is 13.6 Å². The van der Waals surface area contributed by atoms with Crippen LogP contribution in [-0.2, 0) is 16.0 Å². The van der Waals surface area contributed by atoms with Crippen LogP contribution in [0.3, 0.4) is 0 Å². The third kappa shape index (κ3) is 2.73. The molecule has 0 fully saturated rings. The van der Waals surface area contributed by atoms with Crippen molar-refractivity contribution in [3.05, 3.63) is 28.8 Å². The second-order valence-electron chi connectivity index (χ2n) is 3.95. The Morgan fingerprint density at radius 3 is 3.00 bits per heavy atom. The maximum atomic E-state index is 11.8. The third-order valence-corrected chi connectivity index (χ3v) is 2.93. The molecule has 1 aliphatic heterocycles. The predicted molar refractivity (Wildman–Crippen MR) is 66.6 cm³/mol. The van der Waals surface area contributed by atoms with Gasteiger partial charge in [0.15, 0.2) is 6.10 Å². The van der Waals surface area contributed by atoms with Gasteiger partial charge in [-0.25, -0.2) is 0 Å². The van der Waals surface area contributed by atoms with E-state index in [1.807, 2.05) is 0 Å². The highest BCUT2D eigenvalue weighted by atomic mass is 35.5. The van der Waals surface area contributed by atoms with Crippen molar-refractivity contribution in [1.82, 2.24) is 10.6 Å². The fraction of sp³-hybridized carbons (Fsp3) is 0.333. The first-order valence-corrected chi connectivity index (χ1v) is 5.91. The minimum absolute atomic E-state index is 0.0493. The molecule has 2 amide bonds. The van der Waals surface area contributed by atoms with Crippen LogP contribution in [0, 0.1) is 0 Å². The van der Waals surface area contributed by atoms with Crippen molar-refractivity contribution in [3.8, 4) is 5.75 Å². The van der Waals surface area contributed by atoms with E-state index < -0.39 is 6.10 Å². The molecule has 96 valence electrons. The van der Waals surface area contributed by atoms with Gasteiger partial charge in [-0.15, -0.1) is 0 Å². The summed E-state index contributed by atoms with van der Waals surface area (Å²) in [4.78, 5) is 22.8. The van der Waals surface area contributed by atoms with E-state index in [1.165, 1.54) is 7.05 Å². The Balaban J connectivity index is 1.94. The standard InChI is InChI=1S/C12H13ClN2O3/c1-14-11(16)6-15-12(17)10-5-7-4-8(13)2-3-9(7)18-10/h2-4,10H,5-6H2,1H3,(H,14,16)(H,15,17)/t10-/m1/s1. The molecule has 0 spiro atoms. The highest BCUT2D eigenvalue weighted by Crippen LogP contribution is 2.30. The summed E-state index contributed by atoms with van der Waals surface area (Å²) in [5.41, 5.74) is 0.905. The number of hydrogen-bond acceptors (Lipinski definition) is 3. The maximum Gasteiger partial charge on any atom is 0.261 e. The molecule has 1 aromatic carbocycles. The lowest BCUT2D eigenvalue weighted by Gasteiger charge is -2.10. The number of rotatable bonds is 3. The second kappa shape index (κ2) is 5.27. The predicted octanol–water partition coefficient (Wildman–Crippen LogP) is 0.506. The molecule has 1 aliphatic rings. The van der Waals surface area contributed by atoms with Crippen LogP contribution in [0.4, 0.5) is 0 Å². The number of halogens is 1. The van der Waals surface area contributed by atoms with Crippen LogP contribution < -0.4 is 15.4 Å². The van der Waals surface area contributed by atoms with Gasteiger partial charge in [-0.2, -0.15) is 0 Å². The minimum Gasteiger partial charge on any atom is -0.480 e. The van der Waals surface area contributed by atoms with E-state index >= 15 is 0 Å². The van der Waals surface area contributed by atoms with Crippen LogP contribution in [-0.4, -0.2) is 31.5 Å². The summed E-state index contributed by atoms with van der Waals surface area (Å²) in [5, 5.41) is 5.55. The van der Waals surface area contributed by atoms with Crippen LogP contribution >= 0.6 is 11.6 Å². The highest BCUT2D eigenvalue weighted by molar-refractivity contribution is 6.30. The molecule has 0 unspecified atom stereocenters. The summed E-state index contributed by atoms with van der Waals surface area (Å²) in [7, 11) is 1.51. The first-order valence-electron chi connectivity index (χ1n) is 5.53. The number of hydrogen-bond donors (Lipinski definition) is 2. The van der Waals surface area contributed by atoms with Crippen molar-refractivity contribution in [2.24, 2.45) is 0 Å². The number of likely N-dealkylation sites (N-methyl/N-ethyl adjacent to an activating group) is 1. The molecule has 1 atom stereocenters. The van der Waals surface area contributed by atoms with Crippen LogP contribution in [0.5, 0.6) is 5.75 Å². The molecule has 18 heavy (non-hydrogen) atoms. The monoisotopic (exact) mass is 268 g/mol. The van der Waals surface area contributed by atoms with Crippen molar-refractivity contribution in [3.63, 3.8) is 0 Å². The summed E-state index contributed by atoms with van der Waals surface area (Å²) in [6, 6.07) is 5.23. The minimum atomic E-state index is -0.594. The van der Waals surface area contributed by atoms with Gasteiger partial charge < -0.3 is 15.4 Å². The summed E-state index contributed by atoms with van der Waals surface area (Å²) in [6.45, 7) is -0.0493. The van der Waals surface area contributed by atoms with E-state index in [9.17, 15) is 9.59 Å². The number of nitrogens with one attached hydrogen (secondary N) is 2. The van der Waals surface area contributed by atoms with Crippen molar-refractivity contribution < 1.29 is 14.3 Å². The number of carbonyl (C=O) groups excluding carboxylic acids is 2. The molecule has 0 aromatic heterocycles. The molecule has 2 rings (SSSR count). The quantitative estimate of drug-likeness (QED) is 0.839. The van der Waals surface area contributed by atoms with Crippen molar-refractivity contribution >= 4 is 23.4 Å². The van der Waals surface area contributed by atoms with Gasteiger partial charge in [0, 0.05) is 18.5 Å². The Kier molecular flexibility index (Phi) is 3.72. The number of amides is 2. The Morgan fingerprint density at radius 1 is 1.50 bits per heavy atom. The normalized spacial score (nSPS) is 16.7. The lowest BCUT2D eigenvalue weighted by molar-refractivity contribution is -0.130. The van der Waals surface area contributed by atoms with Gasteiger partial charge in [0.2, 0.25) is 5.91 Å². The Labute approximate surface area is 109 Å². The molecular formula is C12H13ClN2O3. The summed E-state index contributed by atoms with van der Waals surface area (Å²) < 4.78 is 5.49. The van der Waals surface area contributed by atoms with Crippen LogP contribution in [0.2, 0.25) is 5.02 Å². The average molecular weight is 269 g/mol. The van der Waals surface area contributed by atoms with Gasteiger partial charge >= 0.3 is 0 Å². The van der Waals surface area contributed by atoms with Gasteiger partial charge in [-0.05, 0) is 23.8 Å². The molecule has 0 saturated heterocycles. The summed E-state index contributed by atoms with van der Waals surface area (Å²) >= 11 is 5.86. The molecule has 0 saturated carbocycles. The molecule has 0 aliphatic carbocycles. The zero-order chi connectivity index (χ0) is 13.1. The van der Waals surface area contributed by atoms with E-state index in [-0.39, 0.29) is 18.4 Å². The number of carbonyl (C=O) groups is 2. The average Bonchev–Trinajstić information content (AvgIpc) is 2.78. The zero-order valence-corrected chi connectivity index (χ0v) is 10.6. The van der Waals surface area contributed by atoms with Gasteiger partial charge in [-0.1, -0.05) is 11.6 Å². The van der Waals surface area contributed by atoms with Gasteiger partial charge in [0.25, 0.3) is 5.91 Å². The van der Waals surface area contributed by atoms with E-state index in [0.29, 0.717) is 17.2 Å². The van der Waals surface area contributed by atoms with Crippen LogP contribution in [0.25, 0.3) is 0 Å². The SMILES string of the molecule is CNC(=O)CNC(=O)[C@H]1Cc2cc(Cl)ccc2O1. The van der Waals surface area contributed by atoms with Crippen LogP contribution in [0.15, 0.2) is 18.2 Å². The zero-order valence-electron chi connectivity index (χ0n) is 9.83. The first-order chi connectivity index (χ1) is 8.60. The number of ether oxygens (including phenoxy) is 1. The van der Waals surface area contributed by atoms with Gasteiger partial charge in [0.1, 0.15) is 5.75 Å². The third-order valence-electron chi connectivity index (χ3n) is 2.69. The van der Waals surface area contributed by atoms with Crippen LogP contribution in [0.1, 0.15) is 5.56 Å². The lowest BCUT2D eigenvalue weighted by Crippen LogP contribution is -2.42. The first kappa shape index (κ1) is 12.7. The molecular weight excluding hydrogens is 256 g/mol. The Morgan fingerprint density at radius 2 is 2.28 bits per heavy atom. The van der Waals surface area contributed by atoms with Gasteiger partial charge in [0.05, 0.1) is 6.54 Å². The number of fused-ring (bicyclic) bond motifs is 1. The van der Waals surface area contributed by atoms with Crippen molar-refractivity contribution in [2.45, 2.75) is 12.5 Å². The molecule has 6 heteroatoms. The second-order valence-corrected chi connectivity index (χ2v) is 4.39. The fourth-order valence-electron chi connectivity index (χ4n) is 1.73. The molecule has 5 nitrogen and oxygen atoms in total.